The lowest BCUT2D eigenvalue weighted by Crippen LogP contribution is -2.31. The fourth-order valence-electron chi connectivity index (χ4n) is 2.04. The van der Waals surface area contributed by atoms with Crippen LogP contribution in [-0.4, -0.2) is 29.4 Å². The maximum atomic E-state index is 12.3. The molecule has 6 nitrogen and oxygen atoms in total. The first-order chi connectivity index (χ1) is 11.0. The van der Waals surface area contributed by atoms with Crippen LogP contribution in [-0.2, 0) is 11.3 Å². The van der Waals surface area contributed by atoms with Gasteiger partial charge in [0, 0.05) is 18.2 Å². The molecule has 23 heavy (non-hydrogen) atoms. The average molecular weight is 336 g/mol. The van der Waals surface area contributed by atoms with Crippen molar-refractivity contribution in [3.63, 3.8) is 0 Å². The minimum atomic E-state index is -0.358. The summed E-state index contributed by atoms with van der Waals surface area (Å²) in [5, 5.41) is 7.50. The molecule has 122 valence electrons. The van der Waals surface area contributed by atoms with Crippen LogP contribution in [0.1, 0.15) is 29.0 Å². The van der Waals surface area contributed by atoms with Gasteiger partial charge in [0.15, 0.2) is 0 Å². The Balaban J connectivity index is 2.12. The van der Waals surface area contributed by atoms with E-state index in [0.717, 1.165) is 5.56 Å². The Morgan fingerprint density at radius 2 is 2.17 bits per heavy atom. The number of halogens is 1. The summed E-state index contributed by atoms with van der Waals surface area (Å²) in [7, 11) is 1.54. The lowest BCUT2D eigenvalue weighted by Gasteiger charge is -2.14. The van der Waals surface area contributed by atoms with Crippen LogP contribution in [0.4, 0.5) is 0 Å². The van der Waals surface area contributed by atoms with Crippen molar-refractivity contribution in [3.8, 4) is 0 Å². The molecule has 0 aliphatic heterocycles. The standard InChI is InChI=1S/C16H18ClN3O3/c1-11(12-4-3-5-13(17)10-12)18-16(22)14-6-7-15(21)20(19-14)8-9-23-2/h3-7,10-11H,8-9H2,1-2H3,(H,18,22). The molecule has 1 aromatic carbocycles. The number of aromatic nitrogens is 2. The minimum Gasteiger partial charge on any atom is -0.383 e. The van der Waals surface area contributed by atoms with Gasteiger partial charge in [-0.1, -0.05) is 23.7 Å². The van der Waals surface area contributed by atoms with E-state index < -0.39 is 0 Å². The molecule has 1 amide bonds. The van der Waals surface area contributed by atoms with E-state index >= 15 is 0 Å². The Bertz CT molecular complexity index is 745. The van der Waals surface area contributed by atoms with Crippen molar-refractivity contribution in [1.82, 2.24) is 15.1 Å². The number of nitrogens with one attached hydrogen (secondary N) is 1. The van der Waals surface area contributed by atoms with Crippen LogP contribution in [0.2, 0.25) is 5.02 Å². The Labute approximate surface area is 139 Å². The zero-order chi connectivity index (χ0) is 16.8. The second kappa shape index (κ2) is 7.89. The smallest absolute Gasteiger partial charge is 0.272 e. The second-order valence-corrected chi connectivity index (χ2v) is 5.46. The third-order valence-electron chi connectivity index (χ3n) is 3.30. The molecule has 2 rings (SSSR count). The summed E-state index contributed by atoms with van der Waals surface area (Å²) in [5.74, 6) is -0.358. The lowest BCUT2D eigenvalue weighted by atomic mass is 10.1. The average Bonchev–Trinajstić information content (AvgIpc) is 2.54. The van der Waals surface area contributed by atoms with Crippen molar-refractivity contribution in [1.29, 1.82) is 0 Å². The third-order valence-corrected chi connectivity index (χ3v) is 3.54. The van der Waals surface area contributed by atoms with E-state index in [1.165, 1.54) is 23.9 Å². The van der Waals surface area contributed by atoms with Crippen molar-refractivity contribution in [3.05, 3.63) is 63.0 Å². The molecule has 0 aliphatic carbocycles. The van der Waals surface area contributed by atoms with Crippen LogP contribution in [0.15, 0.2) is 41.2 Å². The van der Waals surface area contributed by atoms with E-state index in [4.69, 9.17) is 16.3 Å². The van der Waals surface area contributed by atoms with Gasteiger partial charge in [-0.25, -0.2) is 4.68 Å². The second-order valence-electron chi connectivity index (χ2n) is 5.02. The van der Waals surface area contributed by atoms with Gasteiger partial charge in [0.1, 0.15) is 5.69 Å². The molecule has 2 aromatic rings. The molecule has 1 aromatic heterocycles. The predicted octanol–water partition coefficient (Wildman–Crippen LogP) is 2.03. The number of carbonyl (C=O) groups excluding carboxylic acids is 1. The highest BCUT2D eigenvalue weighted by Gasteiger charge is 2.14. The van der Waals surface area contributed by atoms with Crippen LogP contribution >= 0.6 is 11.6 Å². The maximum absolute atomic E-state index is 12.3. The van der Waals surface area contributed by atoms with Gasteiger partial charge in [-0.2, -0.15) is 5.10 Å². The first kappa shape index (κ1) is 17.2. The molecule has 0 bridgehead atoms. The number of methoxy groups -OCH3 is 1. The minimum absolute atomic E-state index is 0.176. The summed E-state index contributed by atoms with van der Waals surface area (Å²) in [5.41, 5.74) is 0.787. The van der Waals surface area contributed by atoms with E-state index in [0.29, 0.717) is 18.2 Å². The van der Waals surface area contributed by atoms with Crippen LogP contribution in [0.25, 0.3) is 0 Å². The van der Waals surface area contributed by atoms with Gasteiger partial charge in [-0.15, -0.1) is 0 Å². The number of ether oxygens (including phenoxy) is 1. The molecule has 1 unspecified atom stereocenters. The van der Waals surface area contributed by atoms with Gasteiger partial charge in [0.2, 0.25) is 0 Å². The van der Waals surface area contributed by atoms with Crippen LogP contribution < -0.4 is 10.9 Å². The SMILES string of the molecule is COCCn1nc(C(=O)NC(C)c2cccc(Cl)c2)ccc1=O. The zero-order valence-electron chi connectivity index (χ0n) is 13.0. The molecular weight excluding hydrogens is 318 g/mol. The number of amides is 1. The molecule has 0 fully saturated rings. The van der Waals surface area contributed by atoms with Crippen molar-refractivity contribution >= 4 is 17.5 Å². The fraction of sp³-hybridized carbons (Fsp3) is 0.312. The molecule has 1 atom stereocenters. The van der Waals surface area contributed by atoms with Crippen LogP contribution in [0.5, 0.6) is 0 Å². The van der Waals surface area contributed by atoms with E-state index in [9.17, 15) is 9.59 Å². The van der Waals surface area contributed by atoms with Crippen molar-refractivity contribution in [2.24, 2.45) is 0 Å². The maximum Gasteiger partial charge on any atom is 0.272 e. The lowest BCUT2D eigenvalue weighted by molar-refractivity contribution is 0.0931. The third kappa shape index (κ3) is 4.64. The van der Waals surface area contributed by atoms with Crippen molar-refractivity contribution in [2.75, 3.05) is 13.7 Å². The Kier molecular flexibility index (Phi) is 5.90. The highest BCUT2D eigenvalue weighted by atomic mass is 35.5. The molecule has 0 radical (unpaired) electrons. The van der Waals surface area contributed by atoms with E-state index in [-0.39, 0.29) is 23.2 Å². The molecule has 0 saturated heterocycles. The predicted molar refractivity (Wildman–Crippen MR) is 87.7 cm³/mol. The summed E-state index contributed by atoms with van der Waals surface area (Å²) in [6.45, 7) is 2.49. The van der Waals surface area contributed by atoms with Crippen LogP contribution in [0.3, 0.4) is 0 Å². The largest absolute Gasteiger partial charge is 0.383 e. The summed E-state index contributed by atoms with van der Waals surface area (Å²) in [4.78, 5) is 24.0. The monoisotopic (exact) mass is 335 g/mol. The fourth-order valence-corrected chi connectivity index (χ4v) is 2.24. The first-order valence-electron chi connectivity index (χ1n) is 7.14. The van der Waals surface area contributed by atoms with Gasteiger partial charge in [0.25, 0.3) is 11.5 Å². The van der Waals surface area contributed by atoms with E-state index in [1.54, 1.807) is 12.1 Å². The topological polar surface area (TPSA) is 73.2 Å². The Morgan fingerprint density at radius 3 is 2.87 bits per heavy atom. The molecule has 1 N–H and O–H groups in total. The van der Waals surface area contributed by atoms with Crippen molar-refractivity contribution < 1.29 is 9.53 Å². The number of benzene rings is 1. The van der Waals surface area contributed by atoms with E-state index in [2.05, 4.69) is 10.4 Å². The summed E-state index contributed by atoms with van der Waals surface area (Å²) < 4.78 is 6.13. The summed E-state index contributed by atoms with van der Waals surface area (Å²) in [6, 6.07) is 9.76. The molecule has 0 spiro atoms. The normalized spacial score (nSPS) is 12.0. The number of nitrogens with zero attached hydrogens (tertiary/aromatic N) is 2. The van der Waals surface area contributed by atoms with Crippen LogP contribution in [0, 0.1) is 0 Å². The molecule has 0 aliphatic rings. The number of carbonyl (C=O) groups is 1. The van der Waals surface area contributed by atoms with Gasteiger partial charge in [-0.05, 0) is 30.7 Å². The summed E-state index contributed by atoms with van der Waals surface area (Å²) in [6.07, 6.45) is 0. The number of hydrogen-bond acceptors (Lipinski definition) is 4. The molecule has 7 heteroatoms. The van der Waals surface area contributed by atoms with Gasteiger partial charge in [-0.3, -0.25) is 9.59 Å². The van der Waals surface area contributed by atoms with Gasteiger partial charge in [0.05, 0.1) is 19.2 Å². The molecule has 1 heterocycles. The molecular formula is C16H18ClN3O3. The highest BCUT2D eigenvalue weighted by Crippen LogP contribution is 2.17. The highest BCUT2D eigenvalue weighted by molar-refractivity contribution is 6.30. The number of rotatable bonds is 6. The van der Waals surface area contributed by atoms with E-state index in [1.807, 2.05) is 19.1 Å². The van der Waals surface area contributed by atoms with Gasteiger partial charge < -0.3 is 10.1 Å². The first-order valence-corrected chi connectivity index (χ1v) is 7.52. The zero-order valence-corrected chi connectivity index (χ0v) is 13.7. The number of hydrogen-bond donors (Lipinski definition) is 1. The van der Waals surface area contributed by atoms with Crippen molar-refractivity contribution in [2.45, 2.75) is 19.5 Å². The quantitative estimate of drug-likeness (QED) is 0.876. The Hall–Kier alpha value is -2.18. The molecule has 0 saturated carbocycles. The van der Waals surface area contributed by atoms with Gasteiger partial charge >= 0.3 is 0 Å². The summed E-state index contributed by atoms with van der Waals surface area (Å²) >= 11 is 5.95. The Morgan fingerprint density at radius 1 is 1.39 bits per heavy atom.